The van der Waals surface area contributed by atoms with Gasteiger partial charge in [0, 0.05) is 0 Å². The van der Waals surface area contributed by atoms with Gasteiger partial charge in [-0.15, -0.1) is 0 Å². The van der Waals surface area contributed by atoms with E-state index in [1.807, 2.05) is 0 Å². The Bertz CT molecular complexity index is 255. The highest BCUT2D eigenvalue weighted by Crippen LogP contribution is 2.48. The molecule has 0 aliphatic carbocycles. The van der Waals surface area contributed by atoms with Crippen LogP contribution in [0.15, 0.2) is 0 Å². The van der Waals surface area contributed by atoms with E-state index in [1.165, 1.54) is 0 Å². The molecule has 1 nitrogen and oxygen atoms in total. The Morgan fingerprint density at radius 2 is 0.875 bits per heavy atom. The molecule has 0 N–H and O–H groups in total. The first-order chi connectivity index (χ1) is 6.65. The van der Waals surface area contributed by atoms with Crippen LogP contribution in [-0.4, -0.2) is 18.1 Å². The van der Waals surface area contributed by atoms with Gasteiger partial charge in [0.25, 0.3) is 0 Å². The Hall–Kier alpha value is -0.750. The van der Waals surface area contributed by atoms with Crippen LogP contribution in [0.4, 0.5) is 26.3 Å². The van der Waals surface area contributed by atoms with Crippen LogP contribution in [0.2, 0.25) is 0 Å². The van der Waals surface area contributed by atoms with Crippen molar-refractivity contribution in [3.63, 3.8) is 0 Å². The number of alkyl halides is 6. The smallest absolute Gasteiger partial charge is 0.298 e. The van der Waals surface area contributed by atoms with E-state index in [4.69, 9.17) is 0 Å². The van der Waals surface area contributed by atoms with Gasteiger partial charge in [-0.3, -0.25) is 4.79 Å². The number of ketones is 1. The second kappa shape index (κ2) is 3.63. The molecule has 16 heavy (non-hydrogen) atoms. The number of rotatable bonds is 2. The van der Waals surface area contributed by atoms with Crippen molar-refractivity contribution in [2.24, 2.45) is 10.8 Å². The Labute approximate surface area is 88.8 Å². The van der Waals surface area contributed by atoms with E-state index in [2.05, 4.69) is 0 Å². The van der Waals surface area contributed by atoms with Gasteiger partial charge in [0.15, 0.2) is 5.78 Å². The van der Waals surface area contributed by atoms with Crippen molar-refractivity contribution >= 4 is 5.78 Å². The lowest BCUT2D eigenvalue weighted by atomic mass is 9.72. The molecule has 0 aromatic rings. The molecule has 0 atom stereocenters. The Morgan fingerprint density at radius 1 is 0.688 bits per heavy atom. The van der Waals surface area contributed by atoms with Crippen LogP contribution in [0.1, 0.15) is 27.7 Å². The molecule has 0 saturated carbocycles. The molecule has 0 radical (unpaired) electrons. The molecule has 0 saturated heterocycles. The summed E-state index contributed by atoms with van der Waals surface area (Å²) in [5.41, 5.74) is -6.04. The minimum Gasteiger partial charge on any atom is -0.298 e. The summed E-state index contributed by atoms with van der Waals surface area (Å²) >= 11 is 0. The van der Waals surface area contributed by atoms with E-state index in [-0.39, 0.29) is 0 Å². The summed E-state index contributed by atoms with van der Waals surface area (Å²) in [5, 5.41) is 0. The average molecular weight is 250 g/mol. The molecule has 7 heteroatoms. The Balaban J connectivity index is 5.40. The zero-order valence-corrected chi connectivity index (χ0v) is 9.18. The van der Waals surface area contributed by atoms with Crippen molar-refractivity contribution in [2.45, 2.75) is 40.0 Å². The van der Waals surface area contributed by atoms with Crippen LogP contribution in [0, 0.1) is 10.8 Å². The molecule has 0 rings (SSSR count). The SMILES string of the molecule is CC(C)(C(=O)C(C)(C)C(F)(F)F)C(F)(F)F. The summed E-state index contributed by atoms with van der Waals surface area (Å²) in [7, 11) is 0. The lowest BCUT2D eigenvalue weighted by molar-refractivity contribution is -0.241. The molecule has 0 aromatic carbocycles. The van der Waals surface area contributed by atoms with Crippen LogP contribution < -0.4 is 0 Å². The van der Waals surface area contributed by atoms with E-state index in [0.29, 0.717) is 27.7 Å². The topological polar surface area (TPSA) is 17.1 Å². The van der Waals surface area contributed by atoms with Crippen molar-refractivity contribution in [1.29, 1.82) is 0 Å². The predicted octanol–water partition coefficient (Wildman–Crippen LogP) is 3.73. The van der Waals surface area contributed by atoms with E-state index in [9.17, 15) is 31.1 Å². The third-order valence-corrected chi connectivity index (χ3v) is 2.55. The quantitative estimate of drug-likeness (QED) is 0.682. The van der Waals surface area contributed by atoms with Crippen LogP contribution in [-0.2, 0) is 4.79 Å². The van der Waals surface area contributed by atoms with Gasteiger partial charge in [0.05, 0.1) is 0 Å². The predicted molar refractivity (Wildman–Crippen MR) is 44.7 cm³/mol. The molecule has 0 aliphatic rings. The second-order valence-corrected chi connectivity index (χ2v) is 4.57. The number of carbonyl (C=O) groups excluding carboxylic acids is 1. The maximum Gasteiger partial charge on any atom is 0.400 e. The molecule has 0 heterocycles. The maximum atomic E-state index is 12.4. The number of carbonyl (C=O) groups is 1. The summed E-state index contributed by atoms with van der Waals surface area (Å²) in [4.78, 5) is 11.3. The first-order valence-electron chi connectivity index (χ1n) is 4.34. The van der Waals surface area contributed by atoms with Gasteiger partial charge in [-0.1, -0.05) is 0 Å². The highest BCUT2D eigenvalue weighted by Gasteiger charge is 2.63. The number of hydrogen-bond donors (Lipinski definition) is 0. The average Bonchev–Trinajstić information content (AvgIpc) is 1.98. The first kappa shape index (κ1) is 15.2. The maximum absolute atomic E-state index is 12.4. The number of halogens is 6. The lowest BCUT2D eigenvalue weighted by Crippen LogP contribution is -2.51. The minimum absolute atomic E-state index is 0.447. The zero-order valence-electron chi connectivity index (χ0n) is 9.18. The molecular formula is C9H12F6O. The van der Waals surface area contributed by atoms with Crippen molar-refractivity contribution < 1.29 is 31.1 Å². The summed E-state index contributed by atoms with van der Waals surface area (Å²) < 4.78 is 74.5. The zero-order chi connectivity index (χ0) is 13.6. The van der Waals surface area contributed by atoms with E-state index in [0.717, 1.165) is 0 Å². The van der Waals surface area contributed by atoms with Gasteiger partial charge in [0.1, 0.15) is 10.8 Å². The van der Waals surface area contributed by atoms with Gasteiger partial charge in [-0.05, 0) is 27.7 Å². The molecule has 0 aliphatic heterocycles. The van der Waals surface area contributed by atoms with E-state index >= 15 is 0 Å². The summed E-state index contributed by atoms with van der Waals surface area (Å²) in [6.07, 6.45) is -10.0. The van der Waals surface area contributed by atoms with Crippen LogP contribution in [0.5, 0.6) is 0 Å². The van der Waals surface area contributed by atoms with Crippen LogP contribution in [0.3, 0.4) is 0 Å². The largest absolute Gasteiger partial charge is 0.400 e. The number of Topliss-reactive ketones (excluding diaryl/α,β-unsaturated/α-hetero) is 1. The summed E-state index contributed by atoms with van der Waals surface area (Å²) in [5.74, 6) is -1.89. The molecular weight excluding hydrogens is 238 g/mol. The fourth-order valence-electron chi connectivity index (χ4n) is 1.04. The highest BCUT2D eigenvalue weighted by molar-refractivity contribution is 5.90. The van der Waals surface area contributed by atoms with Gasteiger partial charge < -0.3 is 0 Å². The Morgan fingerprint density at radius 3 is 1.00 bits per heavy atom. The van der Waals surface area contributed by atoms with Crippen molar-refractivity contribution in [3.05, 3.63) is 0 Å². The molecule has 0 aromatic heterocycles. The Kier molecular flexibility index (Phi) is 3.46. The minimum atomic E-state index is -5.01. The van der Waals surface area contributed by atoms with Crippen LogP contribution in [0.25, 0.3) is 0 Å². The van der Waals surface area contributed by atoms with Gasteiger partial charge in [0.2, 0.25) is 0 Å². The lowest BCUT2D eigenvalue weighted by Gasteiger charge is -2.35. The molecule has 0 unspecified atom stereocenters. The van der Waals surface area contributed by atoms with Gasteiger partial charge >= 0.3 is 12.4 Å². The van der Waals surface area contributed by atoms with E-state index < -0.39 is 29.0 Å². The standard InChI is InChI=1S/C9H12F6O/c1-6(2,8(10,11)12)5(16)7(3,4)9(13,14)15/h1-4H3. The third kappa shape index (κ3) is 2.32. The molecule has 0 bridgehead atoms. The molecule has 0 fully saturated rings. The normalized spacial score (nSPS) is 15.1. The van der Waals surface area contributed by atoms with Crippen molar-refractivity contribution in [3.8, 4) is 0 Å². The second-order valence-electron chi connectivity index (χ2n) is 4.57. The highest BCUT2D eigenvalue weighted by atomic mass is 19.4. The summed E-state index contributed by atoms with van der Waals surface area (Å²) in [6, 6.07) is 0. The fourth-order valence-corrected chi connectivity index (χ4v) is 1.04. The molecule has 0 spiro atoms. The fraction of sp³-hybridized carbons (Fsp3) is 0.889. The van der Waals surface area contributed by atoms with Crippen molar-refractivity contribution in [2.75, 3.05) is 0 Å². The third-order valence-electron chi connectivity index (χ3n) is 2.55. The van der Waals surface area contributed by atoms with E-state index in [1.54, 1.807) is 0 Å². The number of hydrogen-bond acceptors (Lipinski definition) is 1. The van der Waals surface area contributed by atoms with Crippen LogP contribution >= 0.6 is 0 Å². The first-order valence-corrected chi connectivity index (χ1v) is 4.34. The molecule has 96 valence electrons. The van der Waals surface area contributed by atoms with Gasteiger partial charge in [-0.2, -0.15) is 26.3 Å². The summed E-state index contributed by atoms with van der Waals surface area (Å²) in [6.45, 7) is 1.79. The molecule has 0 amide bonds. The monoisotopic (exact) mass is 250 g/mol. The van der Waals surface area contributed by atoms with Gasteiger partial charge in [-0.25, -0.2) is 0 Å². The van der Waals surface area contributed by atoms with Crippen molar-refractivity contribution in [1.82, 2.24) is 0 Å².